The minimum absolute atomic E-state index is 0.131. The van der Waals surface area contributed by atoms with E-state index in [1.165, 1.54) is 0 Å². The molecule has 0 aromatic heterocycles. The third-order valence-electron chi connectivity index (χ3n) is 5.96. The van der Waals surface area contributed by atoms with Crippen LogP contribution in [0.15, 0.2) is 54.6 Å². The van der Waals surface area contributed by atoms with Gasteiger partial charge in [-0.2, -0.15) is 0 Å². The molecule has 0 bridgehead atoms. The molecule has 2 heterocycles. The van der Waals surface area contributed by atoms with Crippen LogP contribution < -0.4 is 10.6 Å². The molecular formula is C24H27N3O3S. The molecule has 162 valence electrons. The lowest BCUT2D eigenvalue weighted by molar-refractivity contribution is -0.131. The Balaban J connectivity index is 1.46. The molecule has 7 heteroatoms. The number of hydrogen-bond donors (Lipinski definition) is 2. The first kappa shape index (κ1) is 21.4. The number of benzene rings is 2. The predicted octanol–water partition coefficient (Wildman–Crippen LogP) is 3.42. The third kappa shape index (κ3) is 3.83. The quantitative estimate of drug-likeness (QED) is 0.751. The highest BCUT2D eigenvalue weighted by atomic mass is 32.2. The van der Waals surface area contributed by atoms with Crippen molar-refractivity contribution in [2.24, 2.45) is 0 Å². The fraction of sp³-hybridized carbons (Fsp3) is 0.375. The maximum atomic E-state index is 13.3. The largest absolute Gasteiger partial charge is 0.348 e. The minimum atomic E-state index is -0.724. The van der Waals surface area contributed by atoms with Crippen LogP contribution >= 0.6 is 11.8 Å². The maximum Gasteiger partial charge on any atom is 0.256 e. The van der Waals surface area contributed by atoms with Crippen molar-refractivity contribution < 1.29 is 14.4 Å². The van der Waals surface area contributed by atoms with Gasteiger partial charge in [-0.3, -0.25) is 14.4 Å². The summed E-state index contributed by atoms with van der Waals surface area (Å²) in [5, 5.41) is 5.59. The Hall–Kier alpha value is -2.80. The van der Waals surface area contributed by atoms with E-state index in [4.69, 9.17) is 0 Å². The SMILES string of the molecule is C[C@H](NC(=O)[C@H]1N2C(=O)c3ccccc3[C@H]2SC1(C)C)C(=O)N[C@@H](C)c1ccccc1. The van der Waals surface area contributed by atoms with Gasteiger partial charge in [-0.05, 0) is 44.9 Å². The molecule has 1 fully saturated rings. The Morgan fingerprint density at radius 2 is 1.65 bits per heavy atom. The van der Waals surface area contributed by atoms with Crippen LogP contribution in [0, 0.1) is 0 Å². The Bertz CT molecular complexity index is 1020. The highest BCUT2D eigenvalue weighted by molar-refractivity contribution is 8.01. The second-order valence-electron chi connectivity index (χ2n) is 8.65. The smallest absolute Gasteiger partial charge is 0.256 e. The number of hydrogen-bond acceptors (Lipinski definition) is 4. The lowest BCUT2D eigenvalue weighted by Gasteiger charge is -2.30. The van der Waals surface area contributed by atoms with Crippen molar-refractivity contribution >= 4 is 29.5 Å². The number of thioether (sulfide) groups is 1. The standard InChI is InChI=1S/C24H27N3O3S/c1-14(16-10-6-5-7-11-16)25-20(28)15(2)26-21(29)19-24(3,4)31-23-18-13-9-8-12-17(18)22(30)27(19)23/h5-15,19,23H,1-4H3,(H,25,28)(H,26,29)/t14-,15-,19+,23+/m0/s1. The van der Waals surface area contributed by atoms with Crippen LogP contribution in [0.2, 0.25) is 0 Å². The van der Waals surface area contributed by atoms with Crippen molar-refractivity contribution in [3.05, 3.63) is 71.3 Å². The summed E-state index contributed by atoms with van der Waals surface area (Å²) in [5.74, 6) is -0.703. The molecule has 6 nitrogen and oxygen atoms in total. The fourth-order valence-corrected chi connectivity index (χ4v) is 5.91. The molecule has 2 aromatic rings. The van der Waals surface area contributed by atoms with Gasteiger partial charge in [-0.1, -0.05) is 48.5 Å². The summed E-state index contributed by atoms with van der Waals surface area (Å²) in [4.78, 5) is 40.7. The van der Waals surface area contributed by atoms with Crippen molar-refractivity contribution in [2.45, 2.75) is 55.9 Å². The number of nitrogens with zero attached hydrogens (tertiary/aromatic N) is 1. The Kier molecular flexibility index (Phi) is 5.56. The second kappa shape index (κ2) is 8.04. The Morgan fingerprint density at radius 3 is 2.35 bits per heavy atom. The molecule has 3 amide bonds. The van der Waals surface area contributed by atoms with E-state index in [0.29, 0.717) is 5.56 Å². The Morgan fingerprint density at radius 1 is 1.00 bits per heavy atom. The molecule has 0 unspecified atom stereocenters. The summed E-state index contributed by atoms with van der Waals surface area (Å²) in [6, 6.07) is 15.6. The van der Waals surface area contributed by atoms with Gasteiger partial charge in [0.2, 0.25) is 11.8 Å². The fourth-order valence-electron chi connectivity index (χ4n) is 4.33. The van der Waals surface area contributed by atoms with Gasteiger partial charge >= 0.3 is 0 Å². The summed E-state index contributed by atoms with van der Waals surface area (Å²) in [6.07, 6.45) is 0. The molecule has 4 rings (SSSR count). The molecule has 2 aromatic carbocycles. The number of amides is 3. The number of nitrogens with one attached hydrogen (secondary N) is 2. The van der Waals surface area contributed by atoms with E-state index in [1.54, 1.807) is 29.7 Å². The molecule has 1 saturated heterocycles. The highest BCUT2D eigenvalue weighted by Crippen LogP contribution is 2.56. The maximum absolute atomic E-state index is 13.3. The van der Waals surface area contributed by atoms with Gasteiger partial charge < -0.3 is 15.5 Å². The van der Waals surface area contributed by atoms with Gasteiger partial charge in [-0.15, -0.1) is 11.8 Å². The highest BCUT2D eigenvalue weighted by Gasteiger charge is 2.57. The normalized spacial score (nSPS) is 23.0. The van der Waals surface area contributed by atoms with Gasteiger partial charge in [0.15, 0.2) is 0 Å². The van der Waals surface area contributed by atoms with Crippen LogP contribution in [0.4, 0.5) is 0 Å². The molecule has 0 saturated carbocycles. The van der Waals surface area contributed by atoms with E-state index in [-0.39, 0.29) is 29.1 Å². The van der Waals surface area contributed by atoms with Gasteiger partial charge in [0.05, 0.1) is 6.04 Å². The third-order valence-corrected chi connectivity index (χ3v) is 7.49. The van der Waals surface area contributed by atoms with E-state index in [9.17, 15) is 14.4 Å². The van der Waals surface area contributed by atoms with Crippen LogP contribution in [0.3, 0.4) is 0 Å². The molecule has 4 atom stereocenters. The van der Waals surface area contributed by atoms with Gasteiger partial charge in [0.1, 0.15) is 17.5 Å². The van der Waals surface area contributed by atoms with E-state index >= 15 is 0 Å². The van der Waals surface area contributed by atoms with Crippen LogP contribution in [0.25, 0.3) is 0 Å². The topological polar surface area (TPSA) is 78.5 Å². The molecule has 0 aliphatic carbocycles. The monoisotopic (exact) mass is 437 g/mol. The molecule has 2 N–H and O–H groups in total. The minimum Gasteiger partial charge on any atom is -0.348 e. The first-order valence-corrected chi connectivity index (χ1v) is 11.3. The lowest BCUT2D eigenvalue weighted by Crippen LogP contribution is -2.56. The van der Waals surface area contributed by atoms with Gasteiger partial charge in [0.25, 0.3) is 5.91 Å². The second-order valence-corrected chi connectivity index (χ2v) is 10.4. The van der Waals surface area contributed by atoms with Crippen LogP contribution in [0.5, 0.6) is 0 Å². The molecule has 0 spiro atoms. The van der Waals surface area contributed by atoms with Gasteiger partial charge in [0, 0.05) is 10.3 Å². The summed E-state index contributed by atoms with van der Waals surface area (Å²) in [5.41, 5.74) is 2.59. The molecule has 31 heavy (non-hydrogen) atoms. The Labute approximate surface area is 186 Å². The summed E-state index contributed by atoms with van der Waals surface area (Å²) in [6.45, 7) is 7.51. The summed E-state index contributed by atoms with van der Waals surface area (Å²) in [7, 11) is 0. The molecule has 2 aliphatic heterocycles. The van der Waals surface area contributed by atoms with Gasteiger partial charge in [-0.25, -0.2) is 0 Å². The lowest BCUT2D eigenvalue weighted by atomic mass is 10.0. The van der Waals surface area contributed by atoms with Crippen molar-refractivity contribution in [1.82, 2.24) is 15.5 Å². The number of rotatable bonds is 5. The van der Waals surface area contributed by atoms with E-state index < -0.39 is 16.8 Å². The number of fused-ring (bicyclic) bond motifs is 3. The van der Waals surface area contributed by atoms with E-state index in [2.05, 4.69) is 10.6 Å². The van der Waals surface area contributed by atoms with Crippen molar-refractivity contribution in [1.29, 1.82) is 0 Å². The van der Waals surface area contributed by atoms with Crippen molar-refractivity contribution in [3.8, 4) is 0 Å². The van der Waals surface area contributed by atoms with E-state index in [1.807, 2.05) is 69.3 Å². The summed E-state index contributed by atoms with van der Waals surface area (Å²) >= 11 is 1.61. The average molecular weight is 438 g/mol. The number of carbonyl (C=O) groups excluding carboxylic acids is 3. The zero-order chi connectivity index (χ0) is 22.3. The summed E-state index contributed by atoms with van der Waals surface area (Å²) < 4.78 is -0.481. The predicted molar refractivity (Wildman–Crippen MR) is 121 cm³/mol. The molecular weight excluding hydrogens is 410 g/mol. The van der Waals surface area contributed by atoms with Crippen LogP contribution in [-0.2, 0) is 9.59 Å². The van der Waals surface area contributed by atoms with Crippen molar-refractivity contribution in [2.75, 3.05) is 0 Å². The zero-order valence-corrected chi connectivity index (χ0v) is 18.9. The molecule has 2 aliphatic rings. The first-order chi connectivity index (χ1) is 14.7. The number of carbonyl (C=O) groups is 3. The van der Waals surface area contributed by atoms with Crippen LogP contribution in [-0.4, -0.2) is 39.5 Å². The van der Waals surface area contributed by atoms with Crippen molar-refractivity contribution in [3.63, 3.8) is 0 Å². The first-order valence-electron chi connectivity index (χ1n) is 10.5. The average Bonchev–Trinajstić information content (AvgIpc) is 3.17. The van der Waals surface area contributed by atoms with E-state index in [0.717, 1.165) is 11.1 Å². The molecule has 0 radical (unpaired) electrons. The zero-order valence-electron chi connectivity index (χ0n) is 18.1. The van der Waals surface area contributed by atoms with Crippen LogP contribution in [0.1, 0.15) is 60.6 Å².